The third kappa shape index (κ3) is 5.14. The van der Waals surface area contributed by atoms with Crippen molar-refractivity contribution in [1.29, 1.82) is 0 Å². The molecule has 0 saturated heterocycles. The van der Waals surface area contributed by atoms with E-state index >= 15 is 0 Å². The van der Waals surface area contributed by atoms with Crippen LogP contribution in [0.3, 0.4) is 0 Å². The van der Waals surface area contributed by atoms with Crippen LogP contribution in [-0.4, -0.2) is 41.7 Å². The van der Waals surface area contributed by atoms with Crippen molar-refractivity contribution in [2.24, 2.45) is 0 Å². The summed E-state index contributed by atoms with van der Waals surface area (Å²) in [7, 11) is 0. The van der Waals surface area contributed by atoms with Crippen LogP contribution < -0.4 is 5.69 Å². The van der Waals surface area contributed by atoms with Crippen LogP contribution in [-0.2, 0) is 13.1 Å². The van der Waals surface area contributed by atoms with Crippen LogP contribution in [0.25, 0.3) is 22.8 Å². The van der Waals surface area contributed by atoms with Crippen LogP contribution in [0, 0.1) is 0 Å². The molecule has 0 amide bonds. The summed E-state index contributed by atoms with van der Waals surface area (Å²) < 4.78 is 40.8. The molecule has 0 aliphatic rings. The molecule has 0 bridgehead atoms. The minimum atomic E-state index is -4.91. The highest BCUT2D eigenvalue weighted by Gasteiger charge is 2.39. The van der Waals surface area contributed by atoms with Crippen molar-refractivity contribution in [3.63, 3.8) is 0 Å². The lowest BCUT2D eigenvalue weighted by Gasteiger charge is -2.15. The third-order valence-corrected chi connectivity index (χ3v) is 5.48. The lowest BCUT2D eigenvalue weighted by atomic mass is 10.2. The first-order chi connectivity index (χ1) is 16.1. The van der Waals surface area contributed by atoms with Gasteiger partial charge in [-0.3, -0.25) is 4.57 Å². The normalized spacial score (nSPS) is 12.6. The summed E-state index contributed by atoms with van der Waals surface area (Å²) in [5.74, 6) is 0.270. The molecular formula is C22H16Cl2F3N5O2. The summed E-state index contributed by atoms with van der Waals surface area (Å²) in [5, 5.41) is 14.7. The zero-order valence-corrected chi connectivity index (χ0v) is 18.8. The van der Waals surface area contributed by atoms with Crippen molar-refractivity contribution in [2.45, 2.75) is 25.4 Å². The molecule has 4 rings (SSSR count). The fourth-order valence-electron chi connectivity index (χ4n) is 3.21. The predicted molar refractivity (Wildman–Crippen MR) is 121 cm³/mol. The number of aliphatic hydroxyl groups is 1. The van der Waals surface area contributed by atoms with E-state index in [0.717, 1.165) is 9.25 Å². The Morgan fingerprint density at radius 3 is 2.41 bits per heavy atom. The highest BCUT2D eigenvalue weighted by Crippen LogP contribution is 2.25. The smallest absolute Gasteiger partial charge is 0.382 e. The van der Waals surface area contributed by atoms with Crippen LogP contribution >= 0.6 is 23.2 Å². The molecule has 12 heteroatoms. The Bertz CT molecular complexity index is 1370. The lowest BCUT2D eigenvalue weighted by molar-refractivity contribution is -0.207. The third-order valence-electron chi connectivity index (χ3n) is 4.90. The predicted octanol–water partition coefficient (Wildman–Crippen LogP) is 4.45. The SMILES string of the molecule is O=c1n(Cc2ccnc(-c3ccccc3Cl)n2)nc(-c2ccc(Cl)cc2)n1C[C@@H](O)C(F)(F)F. The van der Waals surface area contributed by atoms with Crippen molar-refractivity contribution in [2.75, 3.05) is 0 Å². The highest BCUT2D eigenvalue weighted by atomic mass is 35.5. The summed E-state index contributed by atoms with van der Waals surface area (Å²) in [6.45, 7) is -1.16. The van der Waals surface area contributed by atoms with E-state index < -0.39 is 24.5 Å². The number of aromatic nitrogens is 5. The molecule has 0 radical (unpaired) electrons. The number of alkyl halides is 3. The van der Waals surface area contributed by atoms with E-state index in [4.69, 9.17) is 23.2 Å². The van der Waals surface area contributed by atoms with Gasteiger partial charge in [-0.05, 0) is 42.5 Å². The zero-order chi connectivity index (χ0) is 24.5. The Labute approximate surface area is 201 Å². The first kappa shape index (κ1) is 23.9. The van der Waals surface area contributed by atoms with Gasteiger partial charge in [-0.2, -0.15) is 13.2 Å². The van der Waals surface area contributed by atoms with E-state index in [0.29, 0.717) is 32.7 Å². The van der Waals surface area contributed by atoms with Crippen molar-refractivity contribution < 1.29 is 18.3 Å². The van der Waals surface area contributed by atoms with E-state index in [1.165, 1.54) is 30.5 Å². The van der Waals surface area contributed by atoms with Crippen LogP contribution in [0.5, 0.6) is 0 Å². The molecule has 2 heterocycles. The number of benzene rings is 2. The van der Waals surface area contributed by atoms with Gasteiger partial charge in [0.1, 0.15) is 0 Å². The van der Waals surface area contributed by atoms with Crippen LogP contribution in [0.2, 0.25) is 10.0 Å². The quantitative estimate of drug-likeness (QED) is 0.415. The number of nitrogens with zero attached hydrogens (tertiary/aromatic N) is 5. The van der Waals surface area contributed by atoms with Crippen LogP contribution in [0.1, 0.15) is 5.69 Å². The number of hydrogen-bond donors (Lipinski definition) is 1. The highest BCUT2D eigenvalue weighted by molar-refractivity contribution is 6.33. The first-order valence-electron chi connectivity index (χ1n) is 9.88. The molecule has 4 aromatic rings. The van der Waals surface area contributed by atoms with Gasteiger partial charge in [-0.25, -0.2) is 19.4 Å². The average molecular weight is 510 g/mol. The second-order valence-corrected chi connectivity index (χ2v) is 8.13. The van der Waals surface area contributed by atoms with Crippen molar-refractivity contribution >= 4 is 23.2 Å². The van der Waals surface area contributed by atoms with Gasteiger partial charge in [0.2, 0.25) is 0 Å². The van der Waals surface area contributed by atoms with E-state index in [-0.39, 0.29) is 12.4 Å². The minimum Gasteiger partial charge on any atom is -0.382 e. The van der Waals surface area contributed by atoms with Crippen LogP contribution in [0.15, 0.2) is 65.6 Å². The van der Waals surface area contributed by atoms with Gasteiger partial charge < -0.3 is 5.11 Å². The Balaban J connectivity index is 1.74. The molecule has 176 valence electrons. The van der Waals surface area contributed by atoms with Gasteiger partial charge >= 0.3 is 11.9 Å². The topological polar surface area (TPSA) is 85.8 Å². The van der Waals surface area contributed by atoms with Gasteiger partial charge in [0, 0.05) is 22.3 Å². The molecule has 0 aliphatic heterocycles. The van der Waals surface area contributed by atoms with E-state index in [1.807, 2.05) is 0 Å². The number of rotatable bonds is 6. The van der Waals surface area contributed by atoms with Crippen molar-refractivity contribution in [1.82, 2.24) is 24.3 Å². The summed E-state index contributed by atoms with van der Waals surface area (Å²) >= 11 is 12.1. The summed E-state index contributed by atoms with van der Waals surface area (Å²) in [5.41, 5.74) is 0.481. The van der Waals surface area contributed by atoms with E-state index in [1.54, 1.807) is 30.3 Å². The maximum Gasteiger partial charge on any atom is 0.416 e. The molecule has 7 nitrogen and oxygen atoms in total. The Hall–Kier alpha value is -3.21. The average Bonchev–Trinajstić information content (AvgIpc) is 3.09. The summed E-state index contributed by atoms with van der Waals surface area (Å²) in [4.78, 5) is 21.6. The maximum absolute atomic E-state index is 13.0. The standard InChI is InChI=1S/C22H16Cl2F3N5O2/c23-14-7-5-13(6-8-14)20-30-32(21(34)31(20)12-18(33)22(25,26)27)11-15-9-10-28-19(29-15)16-3-1-2-4-17(16)24/h1-10,18,33H,11-12H2/t18-/m1/s1. The first-order valence-corrected chi connectivity index (χ1v) is 10.6. The zero-order valence-electron chi connectivity index (χ0n) is 17.2. The second kappa shape index (κ2) is 9.57. The summed E-state index contributed by atoms with van der Waals surface area (Å²) in [6.07, 6.45) is -6.17. The Morgan fingerprint density at radius 2 is 1.74 bits per heavy atom. The van der Waals surface area contributed by atoms with Crippen molar-refractivity contribution in [3.05, 3.63) is 87.0 Å². The number of halogens is 5. The maximum atomic E-state index is 13.0. The van der Waals surface area contributed by atoms with E-state index in [2.05, 4.69) is 15.1 Å². The molecule has 34 heavy (non-hydrogen) atoms. The minimum absolute atomic E-state index is 0.0506. The molecular weight excluding hydrogens is 494 g/mol. The molecule has 0 spiro atoms. The molecule has 0 fully saturated rings. The largest absolute Gasteiger partial charge is 0.416 e. The Kier molecular flexibility index (Phi) is 6.74. The molecule has 1 atom stereocenters. The molecule has 0 saturated carbocycles. The number of aliphatic hydroxyl groups excluding tert-OH is 1. The molecule has 2 aromatic carbocycles. The Morgan fingerprint density at radius 1 is 1.03 bits per heavy atom. The van der Waals surface area contributed by atoms with Gasteiger partial charge in [0.15, 0.2) is 17.8 Å². The van der Waals surface area contributed by atoms with Gasteiger partial charge in [-0.15, -0.1) is 5.10 Å². The molecule has 1 N–H and O–H groups in total. The van der Waals surface area contributed by atoms with Crippen LogP contribution in [0.4, 0.5) is 13.2 Å². The van der Waals surface area contributed by atoms with Crippen molar-refractivity contribution in [3.8, 4) is 22.8 Å². The van der Waals surface area contributed by atoms with Gasteiger partial charge in [-0.1, -0.05) is 35.3 Å². The number of hydrogen-bond acceptors (Lipinski definition) is 5. The fourth-order valence-corrected chi connectivity index (χ4v) is 3.55. The van der Waals surface area contributed by atoms with E-state index in [9.17, 15) is 23.1 Å². The fraction of sp³-hybridized carbons (Fsp3) is 0.182. The summed E-state index contributed by atoms with van der Waals surface area (Å²) in [6, 6.07) is 14.6. The van der Waals surface area contributed by atoms with Gasteiger partial charge in [0.25, 0.3) is 0 Å². The monoisotopic (exact) mass is 509 g/mol. The second-order valence-electron chi connectivity index (χ2n) is 7.29. The van der Waals surface area contributed by atoms with Gasteiger partial charge in [0.05, 0.1) is 23.8 Å². The lowest BCUT2D eigenvalue weighted by Crippen LogP contribution is -2.37. The molecule has 0 aliphatic carbocycles. The molecule has 0 unspecified atom stereocenters. The molecule has 2 aromatic heterocycles.